The number of benzene rings is 1. The Balaban J connectivity index is 1.93. The maximum absolute atomic E-state index is 12.9. The zero-order valence-corrected chi connectivity index (χ0v) is 14.6. The highest BCUT2D eigenvalue weighted by Gasteiger charge is 2.43. The SMILES string of the molecule is COc1cccc(S(=O)(=O)N2C[C@@H](C(=O)O)[C@H](c3ccsc3)C2)c1. The van der Waals surface area contributed by atoms with Crippen molar-refractivity contribution in [2.45, 2.75) is 10.8 Å². The normalized spacial score (nSPS) is 21.7. The molecular formula is C16H17NO5S2. The Morgan fingerprint density at radius 3 is 2.75 bits per heavy atom. The van der Waals surface area contributed by atoms with E-state index in [9.17, 15) is 18.3 Å². The minimum atomic E-state index is -3.77. The summed E-state index contributed by atoms with van der Waals surface area (Å²) in [6.45, 7) is 0.128. The Hall–Kier alpha value is -1.90. The van der Waals surface area contributed by atoms with Gasteiger partial charge in [-0.2, -0.15) is 15.6 Å². The molecule has 2 atom stereocenters. The minimum Gasteiger partial charge on any atom is -0.497 e. The number of carboxylic acid groups (broad SMARTS) is 1. The van der Waals surface area contributed by atoms with Crippen molar-refractivity contribution in [3.63, 3.8) is 0 Å². The molecule has 128 valence electrons. The summed E-state index contributed by atoms with van der Waals surface area (Å²) in [6, 6.07) is 8.06. The molecule has 8 heteroatoms. The first-order valence-corrected chi connectivity index (χ1v) is 9.71. The minimum absolute atomic E-state index is 0.0324. The Morgan fingerprint density at radius 2 is 2.12 bits per heavy atom. The first kappa shape index (κ1) is 16.9. The van der Waals surface area contributed by atoms with Gasteiger partial charge in [0.25, 0.3) is 0 Å². The molecule has 0 bridgehead atoms. The molecular weight excluding hydrogens is 350 g/mol. The Kier molecular flexibility index (Phi) is 4.62. The molecule has 1 N–H and O–H groups in total. The topological polar surface area (TPSA) is 83.9 Å². The molecule has 0 unspecified atom stereocenters. The number of carboxylic acids is 1. The average molecular weight is 367 g/mol. The van der Waals surface area contributed by atoms with Crippen LogP contribution in [-0.4, -0.2) is 44.0 Å². The maximum Gasteiger partial charge on any atom is 0.308 e. The van der Waals surface area contributed by atoms with Gasteiger partial charge in [-0.3, -0.25) is 4.79 Å². The van der Waals surface area contributed by atoms with Gasteiger partial charge in [0, 0.05) is 25.1 Å². The van der Waals surface area contributed by atoms with E-state index in [0.29, 0.717) is 5.75 Å². The highest BCUT2D eigenvalue weighted by atomic mass is 32.2. The number of hydrogen-bond donors (Lipinski definition) is 1. The summed E-state index contributed by atoms with van der Waals surface area (Å²) in [5, 5.41) is 13.2. The quantitative estimate of drug-likeness (QED) is 0.876. The molecule has 1 aromatic carbocycles. The molecule has 2 heterocycles. The van der Waals surface area contributed by atoms with Gasteiger partial charge >= 0.3 is 5.97 Å². The van der Waals surface area contributed by atoms with Gasteiger partial charge in [0.2, 0.25) is 10.0 Å². The summed E-state index contributed by atoms with van der Waals surface area (Å²) in [5.74, 6) is -1.62. The number of nitrogens with zero attached hydrogens (tertiary/aromatic N) is 1. The monoisotopic (exact) mass is 367 g/mol. The van der Waals surface area contributed by atoms with Crippen molar-refractivity contribution >= 4 is 27.3 Å². The van der Waals surface area contributed by atoms with Crippen molar-refractivity contribution in [1.82, 2.24) is 4.31 Å². The number of ether oxygens (including phenoxy) is 1. The molecule has 1 saturated heterocycles. The predicted octanol–water partition coefficient (Wildman–Crippen LogP) is 2.25. The van der Waals surface area contributed by atoms with E-state index in [1.165, 1.54) is 34.9 Å². The van der Waals surface area contributed by atoms with Crippen LogP contribution in [0, 0.1) is 5.92 Å². The summed E-state index contributed by atoms with van der Waals surface area (Å²) in [7, 11) is -2.30. The van der Waals surface area contributed by atoms with Crippen LogP contribution < -0.4 is 4.74 Å². The molecule has 0 spiro atoms. The molecule has 0 amide bonds. The zero-order chi connectivity index (χ0) is 17.3. The van der Waals surface area contributed by atoms with Crippen molar-refractivity contribution in [3.05, 3.63) is 46.7 Å². The smallest absolute Gasteiger partial charge is 0.308 e. The van der Waals surface area contributed by atoms with Crippen LogP contribution in [-0.2, 0) is 14.8 Å². The summed E-state index contributed by atoms with van der Waals surface area (Å²) >= 11 is 1.47. The lowest BCUT2D eigenvalue weighted by molar-refractivity contribution is -0.141. The van der Waals surface area contributed by atoms with E-state index in [4.69, 9.17) is 4.74 Å². The standard InChI is InChI=1S/C16H17NO5S2/c1-22-12-3-2-4-13(7-12)24(20,21)17-8-14(11-5-6-23-10-11)15(9-17)16(18)19/h2-7,10,14-15H,8-9H2,1H3,(H,18,19)/t14-,15+/m0/s1. The number of carbonyl (C=O) groups is 1. The molecule has 1 aliphatic rings. The van der Waals surface area contributed by atoms with Gasteiger partial charge in [0.1, 0.15) is 5.75 Å². The summed E-state index contributed by atoms with van der Waals surface area (Å²) < 4.78 is 32.1. The molecule has 2 aromatic rings. The Morgan fingerprint density at radius 1 is 1.33 bits per heavy atom. The van der Waals surface area contributed by atoms with Gasteiger partial charge in [-0.05, 0) is 34.5 Å². The fourth-order valence-electron chi connectivity index (χ4n) is 2.95. The maximum atomic E-state index is 12.9. The number of rotatable bonds is 5. The summed E-state index contributed by atoms with van der Waals surface area (Å²) in [6.07, 6.45) is 0. The Labute approximate surface area is 144 Å². The van der Waals surface area contributed by atoms with Gasteiger partial charge in [-0.15, -0.1) is 0 Å². The fourth-order valence-corrected chi connectivity index (χ4v) is 5.20. The average Bonchev–Trinajstić information content (AvgIpc) is 3.24. The van der Waals surface area contributed by atoms with E-state index < -0.39 is 21.9 Å². The van der Waals surface area contributed by atoms with Crippen molar-refractivity contribution in [2.24, 2.45) is 5.92 Å². The third kappa shape index (κ3) is 3.04. The first-order chi connectivity index (χ1) is 11.4. The van der Waals surface area contributed by atoms with E-state index >= 15 is 0 Å². The third-order valence-corrected chi connectivity index (χ3v) is 6.78. The van der Waals surface area contributed by atoms with Crippen LogP contribution in [0.1, 0.15) is 11.5 Å². The van der Waals surface area contributed by atoms with E-state index in [1.807, 2.05) is 16.8 Å². The summed E-state index contributed by atoms with van der Waals surface area (Å²) in [4.78, 5) is 11.7. The van der Waals surface area contributed by atoms with Crippen LogP contribution >= 0.6 is 11.3 Å². The molecule has 0 saturated carbocycles. The highest BCUT2D eigenvalue weighted by molar-refractivity contribution is 7.89. The molecule has 6 nitrogen and oxygen atoms in total. The molecule has 1 aromatic heterocycles. The van der Waals surface area contributed by atoms with E-state index in [1.54, 1.807) is 12.1 Å². The third-order valence-electron chi connectivity index (χ3n) is 4.25. The Bertz CT molecular complexity index is 832. The van der Waals surface area contributed by atoms with Crippen LogP contribution in [0.25, 0.3) is 0 Å². The second-order valence-electron chi connectivity index (χ2n) is 5.61. The molecule has 3 rings (SSSR count). The van der Waals surface area contributed by atoms with Crippen LogP contribution in [0.4, 0.5) is 0 Å². The lowest BCUT2D eigenvalue weighted by atomic mass is 9.91. The number of thiophene rings is 1. The lowest BCUT2D eigenvalue weighted by Gasteiger charge is -2.16. The second-order valence-corrected chi connectivity index (χ2v) is 8.33. The fraction of sp³-hybridized carbons (Fsp3) is 0.312. The van der Waals surface area contributed by atoms with Gasteiger partial charge < -0.3 is 9.84 Å². The largest absolute Gasteiger partial charge is 0.497 e. The van der Waals surface area contributed by atoms with Gasteiger partial charge in [-0.25, -0.2) is 8.42 Å². The zero-order valence-electron chi connectivity index (χ0n) is 13.0. The van der Waals surface area contributed by atoms with E-state index in [-0.39, 0.29) is 23.9 Å². The van der Waals surface area contributed by atoms with Crippen LogP contribution in [0.2, 0.25) is 0 Å². The van der Waals surface area contributed by atoms with E-state index in [0.717, 1.165) is 5.56 Å². The van der Waals surface area contributed by atoms with Crippen molar-refractivity contribution in [2.75, 3.05) is 20.2 Å². The molecule has 1 fully saturated rings. The van der Waals surface area contributed by atoms with Crippen LogP contribution in [0.15, 0.2) is 46.0 Å². The van der Waals surface area contributed by atoms with Crippen molar-refractivity contribution in [1.29, 1.82) is 0 Å². The molecule has 1 aliphatic heterocycles. The van der Waals surface area contributed by atoms with Gasteiger partial charge in [-0.1, -0.05) is 6.07 Å². The molecule has 0 aliphatic carbocycles. The number of hydrogen-bond acceptors (Lipinski definition) is 5. The number of sulfonamides is 1. The van der Waals surface area contributed by atoms with Gasteiger partial charge in [0.05, 0.1) is 17.9 Å². The number of aliphatic carboxylic acids is 1. The van der Waals surface area contributed by atoms with Crippen LogP contribution in [0.3, 0.4) is 0 Å². The molecule has 24 heavy (non-hydrogen) atoms. The van der Waals surface area contributed by atoms with E-state index in [2.05, 4.69) is 0 Å². The van der Waals surface area contributed by atoms with Crippen molar-refractivity contribution < 1.29 is 23.1 Å². The van der Waals surface area contributed by atoms with Crippen molar-refractivity contribution in [3.8, 4) is 5.75 Å². The lowest BCUT2D eigenvalue weighted by Crippen LogP contribution is -2.30. The number of methoxy groups -OCH3 is 1. The van der Waals surface area contributed by atoms with Gasteiger partial charge in [0.15, 0.2) is 0 Å². The summed E-state index contributed by atoms with van der Waals surface area (Å²) in [5.41, 5.74) is 0.871. The predicted molar refractivity (Wildman–Crippen MR) is 89.9 cm³/mol. The second kappa shape index (κ2) is 6.54. The highest BCUT2D eigenvalue weighted by Crippen LogP contribution is 2.37. The van der Waals surface area contributed by atoms with Crippen LogP contribution in [0.5, 0.6) is 5.75 Å². The first-order valence-electron chi connectivity index (χ1n) is 7.32. The molecule has 0 radical (unpaired) electrons.